The van der Waals surface area contributed by atoms with Crippen molar-refractivity contribution in [2.45, 2.75) is 6.92 Å². The highest BCUT2D eigenvalue weighted by atomic mass is 19.1. The molecule has 0 fully saturated rings. The number of hydrogen-bond donors (Lipinski definition) is 0. The molecule has 130 valence electrons. The third kappa shape index (κ3) is 2.66. The van der Waals surface area contributed by atoms with Crippen molar-refractivity contribution in [3.05, 3.63) is 84.4 Å². The molecule has 0 spiro atoms. The molecule has 0 aliphatic heterocycles. The number of halogens is 1. The molecule has 3 nitrogen and oxygen atoms in total. The second-order valence-corrected chi connectivity index (χ2v) is 6.53. The third-order valence-electron chi connectivity index (χ3n) is 4.72. The van der Waals surface area contributed by atoms with Crippen LogP contribution in [0.2, 0.25) is 0 Å². The van der Waals surface area contributed by atoms with Crippen LogP contribution in [0.3, 0.4) is 0 Å². The summed E-state index contributed by atoms with van der Waals surface area (Å²) in [5.41, 5.74) is 5.95. The summed E-state index contributed by atoms with van der Waals surface area (Å²) in [5.74, 6) is -0.247. The minimum absolute atomic E-state index is 0.247. The number of aromatic nitrogens is 2. The van der Waals surface area contributed by atoms with Gasteiger partial charge >= 0.3 is 0 Å². The summed E-state index contributed by atoms with van der Waals surface area (Å²) in [6, 6.07) is 20.4. The highest BCUT2D eigenvalue weighted by Crippen LogP contribution is 2.35. The Morgan fingerprint density at radius 3 is 2.56 bits per heavy atom. The second-order valence-electron chi connectivity index (χ2n) is 6.53. The van der Waals surface area contributed by atoms with Crippen molar-refractivity contribution in [3.8, 4) is 22.4 Å². The molecule has 3 aromatic heterocycles. The van der Waals surface area contributed by atoms with Crippen LogP contribution >= 0.6 is 0 Å². The van der Waals surface area contributed by atoms with Crippen LogP contribution in [-0.2, 0) is 0 Å². The summed E-state index contributed by atoms with van der Waals surface area (Å²) < 4.78 is 19.3. The van der Waals surface area contributed by atoms with Gasteiger partial charge in [0.05, 0.1) is 5.69 Å². The number of fused-ring (bicyclic) bond motifs is 3. The zero-order valence-corrected chi connectivity index (χ0v) is 14.6. The zero-order chi connectivity index (χ0) is 18.4. The average molecular weight is 354 g/mol. The molecule has 0 unspecified atom stereocenters. The Hall–Kier alpha value is -3.53. The van der Waals surface area contributed by atoms with Gasteiger partial charge in [-0.1, -0.05) is 24.3 Å². The fraction of sp³-hybridized carbons (Fsp3) is 0.0435. The quantitative estimate of drug-likeness (QED) is 0.381. The number of para-hydroxylation sites is 1. The van der Waals surface area contributed by atoms with Gasteiger partial charge in [-0.15, -0.1) is 0 Å². The summed E-state index contributed by atoms with van der Waals surface area (Å²) in [5, 5.41) is 2.01. The van der Waals surface area contributed by atoms with E-state index >= 15 is 0 Å². The van der Waals surface area contributed by atoms with E-state index in [1.807, 2.05) is 49.4 Å². The van der Waals surface area contributed by atoms with Gasteiger partial charge < -0.3 is 4.42 Å². The lowest BCUT2D eigenvalue weighted by Crippen LogP contribution is -1.86. The van der Waals surface area contributed by atoms with Gasteiger partial charge in [0.25, 0.3) is 0 Å². The molecule has 0 amide bonds. The van der Waals surface area contributed by atoms with Gasteiger partial charge in [-0.2, -0.15) is 0 Å². The van der Waals surface area contributed by atoms with Crippen molar-refractivity contribution < 1.29 is 8.81 Å². The molecule has 2 aromatic carbocycles. The van der Waals surface area contributed by atoms with E-state index in [1.54, 1.807) is 18.3 Å². The van der Waals surface area contributed by atoms with Gasteiger partial charge in [-0.05, 0) is 60.5 Å². The number of rotatable bonds is 2. The molecule has 0 radical (unpaired) electrons. The fourth-order valence-electron chi connectivity index (χ4n) is 3.37. The molecule has 0 atom stereocenters. The maximum absolute atomic E-state index is 13.2. The molecule has 3 heterocycles. The van der Waals surface area contributed by atoms with Crippen molar-refractivity contribution >= 4 is 22.1 Å². The topological polar surface area (TPSA) is 38.9 Å². The Morgan fingerprint density at radius 2 is 1.70 bits per heavy atom. The molecule has 0 bridgehead atoms. The fourth-order valence-corrected chi connectivity index (χ4v) is 3.37. The Labute approximate surface area is 155 Å². The zero-order valence-electron chi connectivity index (χ0n) is 14.6. The lowest BCUT2D eigenvalue weighted by molar-refractivity contribution is 0.628. The predicted octanol–water partition coefficient (Wildman–Crippen LogP) is 6.16. The van der Waals surface area contributed by atoms with E-state index in [0.717, 1.165) is 44.4 Å². The Morgan fingerprint density at radius 1 is 0.852 bits per heavy atom. The van der Waals surface area contributed by atoms with Crippen molar-refractivity contribution in [1.29, 1.82) is 0 Å². The van der Waals surface area contributed by atoms with Gasteiger partial charge in [-0.25, -0.2) is 9.37 Å². The number of pyridine rings is 2. The number of nitrogens with zero attached hydrogens (tertiary/aromatic N) is 2. The monoisotopic (exact) mass is 354 g/mol. The molecule has 0 aliphatic rings. The van der Waals surface area contributed by atoms with Gasteiger partial charge in [0, 0.05) is 28.2 Å². The molecule has 27 heavy (non-hydrogen) atoms. The lowest BCUT2D eigenvalue weighted by Gasteiger charge is -2.06. The van der Waals surface area contributed by atoms with Crippen LogP contribution < -0.4 is 0 Å². The van der Waals surface area contributed by atoms with Crippen LogP contribution in [0.1, 0.15) is 5.69 Å². The van der Waals surface area contributed by atoms with Gasteiger partial charge in [0.1, 0.15) is 11.4 Å². The number of aryl methyl sites for hydroxylation is 1. The summed E-state index contributed by atoms with van der Waals surface area (Å²) in [6.45, 7) is 1.95. The van der Waals surface area contributed by atoms with Crippen molar-refractivity contribution in [3.63, 3.8) is 0 Å². The van der Waals surface area contributed by atoms with Gasteiger partial charge in [0.15, 0.2) is 0 Å². The lowest BCUT2D eigenvalue weighted by atomic mass is 10.0. The van der Waals surface area contributed by atoms with Crippen LogP contribution in [0.5, 0.6) is 0 Å². The van der Waals surface area contributed by atoms with Crippen LogP contribution in [-0.4, -0.2) is 9.97 Å². The average Bonchev–Trinajstić information content (AvgIpc) is 3.06. The molecule has 0 saturated carbocycles. The Kier molecular flexibility index (Phi) is 3.50. The summed E-state index contributed by atoms with van der Waals surface area (Å²) in [7, 11) is 0. The SMILES string of the molecule is Cc1ccc2c(n1)oc1c(-c3cc(-c4ccc(F)cc4)ccn3)cccc12. The molecular formula is C23H15FN2O. The maximum atomic E-state index is 13.2. The van der Waals surface area contributed by atoms with E-state index in [-0.39, 0.29) is 5.82 Å². The molecule has 4 heteroatoms. The van der Waals surface area contributed by atoms with Crippen molar-refractivity contribution in [1.82, 2.24) is 9.97 Å². The van der Waals surface area contributed by atoms with Gasteiger partial charge in [0.2, 0.25) is 5.71 Å². The number of hydrogen-bond acceptors (Lipinski definition) is 3. The van der Waals surface area contributed by atoms with E-state index < -0.39 is 0 Å². The van der Waals surface area contributed by atoms with E-state index in [1.165, 1.54) is 12.1 Å². The first-order chi connectivity index (χ1) is 13.2. The molecule has 0 saturated heterocycles. The standard InChI is InChI=1S/C23H15FN2O/c1-14-5-10-19-18-3-2-4-20(22(18)27-23(19)26-14)21-13-16(11-12-25-21)15-6-8-17(24)9-7-15/h2-13H,1H3. The van der Waals surface area contributed by atoms with Crippen LogP contribution in [0.15, 0.2) is 77.3 Å². The van der Waals surface area contributed by atoms with E-state index in [2.05, 4.69) is 9.97 Å². The van der Waals surface area contributed by atoms with Crippen LogP contribution in [0.25, 0.3) is 44.5 Å². The normalized spacial score (nSPS) is 11.3. The summed E-state index contributed by atoms with van der Waals surface area (Å²) in [6.07, 6.45) is 1.76. The van der Waals surface area contributed by atoms with Crippen molar-refractivity contribution in [2.75, 3.05) is 0 Å². The molecular weight excluding hydrogens is 339 g/mol. The molecule has 5 rings (SSSR count). The first kappa shape index (κ1) is 15.7. The van der Waals surface area contributed by atoms with Crippen LogP contribution in [0.4, 0.5) is 4.39 Å². The van der Waals surface area contributed by atoms with Crippen LogP contribution in [0, 0.1) is 12.7 Å². The number of furan rings is 1. The number of benzene rings is 2. The van der Waals surface area contributed by atoms with Crippen molar-refractivity contribution in [2.24, 2.45) is 0 Å². The highest BCUT2D eigenvalue weighted by molar-refractivity contribution is 6.08. The van der Waals surface area contributed by atoms with E-state index in [4.69, 9.17) is 4.42 Å². The first-order valence-electron chi connectivity index (χ1n) is 8.70. The molecule has 0 N–H and O–H groups in total. The summed E-state index contributed by atoms with van der Waals surface area (Å²) >= 11 is 0. The third-order valence-corrected chi connectivity index (χ3v) is 4.72. The Balaban J connectivity index is 1.70. The largest absolute Gasteiger partial charge is 0.437 e. The highest BCUT2D eigenvalue weighted by Gasteiger charge is 2.14. The summed E-state index contributed by atoms with van der Waals surface area (Å²) in [4.78, 5) is 9.03. The molecule has 0 aliphatic carbocycles. The maximum Gasteiger partial charge on any atom is 0.227 e. The van der Waals surface area contributed by atoms with E-state index in [0.29, 0.717) is 5.71 Å². The predicted molar refractivity (Wildman–Crippen MR) is 105 cm³/mol. The van der Waals surface area contributed by atoms with E-state index in [9.17, 15) is 4.39 Å². The smallest absolute Gasteiger partial charge is 0.227 e. The Bertz CT molecular complexity index is 1290. The first-order valence-corrected chi connectivity index (χ1v) is 8.70. The minimum atomic E-state index is -0.247. The molecule has 5 aromatic rings. The second kappa shape index (κ2) is 6.02. The minimum Gasteiger partial charge on any atom is -0.437 e. The van der Waals surface area contributed by atoms with Gasteiger partial charge in [-0.3, -0.25) is 4.98 Å².